The highest BCUT2D eigenvalue weighted by molar-refractivity contribution is 9.11. The van der Waals surface area contributed by atoms with Crippen molar-refractivity contribution in [3.63, 3.8) is 0 Å². The molecule has 0 amide bonds. The molecule has 0 aliphatic heterocycles. The van der Waals surface area contributed by atoms with E-state index in [9.17, 15) is 0 Å². The molecule has 1 rings (SSSR count). The van der Waals surface area contributed by atoms with E-state index in [0.29, 0.717) is 5.69 Å². The van der Waals surface area contributed by atoms with E-state index in [4.69, 9.17) is 5.26 Å². The monoisotopic (exact) mass is 208 g/mol. The third-order valence-electron chi connectivity index (χ3n) is 1.16. The van der Waals surface area contributed by atoms with Crippen molar-refractivity contribution in [2.45, 2.75) is 0 Å². The zero-order chi connectivity index (χ0) is 8.10. The second kappa shape index (κ2) is 3.89. The smallest absolute Gasteiger partial charge is 0.140 e. The first-order chi connectivity index (χ1) is 5.36. The van der Waals surface area contributed by atoms with E-state index in [1.165, 1.54) is 0 Å². The van der Waals surface area contributed by atoms with Crippen molar-refractivity contribution < 1.29 is 0 Å². The molecule has 0 N–H and O–H groups in total. The molecule has 0 saturated carbocycles. The van der Waals surface area contributed by atoms with Crippen molar-refractivity contribution in [3.05, 3.63) is 34.6 Å². The Morgan fingerprint density at radius 2 is 2.36 bits per heavy atom. The second-order valence-electron chi connectivity index (χ2n) is 1.88. The summed E-state index contributed by atoms with van der Waals surface area (Å²) in [6.07, 6.45) is 3.50. The summed E-state index contributed by atoms with van der Waals surface area (Å²) in [5.41, 5.74) is 1.41. The molecule has 0 aliphatic carbocycles. The molecule has 54 valence electrons. The van der Waals surface area contributed by atoms with Crippen LogP contribution in [0.1, 0.15) is 11.3 Å². The van der Waals surface area contributed by atoms with E-state index in [0.717, 1.165) is 5.56 Å². The molecule has 1 aromatic heterocycles. The number of rotatable bonds is 1. The lowest BCUT2D eigenvalue weighted by Gasteiger charge is -1.89. The minimum Gasteiger partial charge on any atom is -0.245 e. The highest BCUT2D eigenvalue weighted by atomic mass is 79.9. The predicted octanol–water partition coefficient (Wildman–Crippen LogP) is 2.32. The van der Waals surface area contributed by atoms with E-state index in [1.54, 1.807) is 17.2 Å². The molecule has 0 fully saturated rings. The normalized spacial score (nSPS) is 9.82. The first-order valence-corrected chi connectivity index (χ1v) is 3.91. The molecule has 0 radical (unpaired) electrons. The summed E-state index contributed by atoms with van der Waals surface area (Å²) < 4.78 is 0. The molecule has 0 bridgehead atoms. The van der Waals surface area contributed by atoms with Gasteiger partial charge in [0.15, 0.2) is 0 Å². The summed E-state index contributed by atoms with van der Waals surface area (Å²) in [6.45, 7) is 0. The highest BCUT2D eigenvalue weighted by Gasteiger charge is 1.89. The molecule has 3 heteroatoms. The van der Waals surface area contributed by atoms with Crippen molar-refractivity contribution >= 4 is 22.0 Å². The fraction of sp³-hybridized carbons (Fsp3) is 0. The van der Waals surface area contributed by atoms with Crippen LogP contribution in [0.2, 0.25) is 0 Å². The van der Waals surface area contributed by atoms with Gasteiger partial charge in [0.2, 0.25) is 0 Å². The number of nitriles is 1. The van der Waals surface area contributed by atoms with Crippen LogP contribution in [0.25, 0.3) is 6.08 Å². The average Bonchev–Trinajstić information content (AvgIpc) is 2.07. The highest BCUT2D eigenvalue weighted by Crippen LogP contribution is 2.02. The predicted molar refractivity (Wildman–Crippen MR) is 46.9 cm³/mol. The average molecular weight is 209 g/mol. The number of hydrogen-bond donors (Lipinski definition) is 0. The summed E-state index contributed by atoms with van der Waals surface area (Å²) in [7, 11) is 0. The van der Waals surface area contributed by atoms with Crippen molar-refractivity contribution in [3.8, 4) is 6.07 Å². The number of aromatic nitrogens is 1. The maximum absolute atomic E-state index is 8.42. The van der Waals surface area contributed by atoms with Crippen LogP contribution in [0.15, 0.2) is 23.3 Å². The van der Waals surface area contributed by atoms with Crippen LogP contribution in [0, 0.1) is 11.3 Å². The van der Waals surface area contributed by atoms with Crippen LogP contribution < -0.4 is 0 Å². The van der Waals surface area contributed by atoms with Crippen LogP contribution in [0.4, 0.5) is 0 Å². The standard InChI is InChI=1S/C8H5BrN2/c9-4-3-7-1-2-8(5-10)11-6-7/h1-4,6H/b4-3+. The zero-order valence-electron chi connectivity index (χ0n) is 5.66. The minimum absolute atomic E-state index is 0.441. The lowest BCUT2D eigenvalue weighted by molar-refractivity contribution is 1.26. The van der Waals surface area contributed by atoms with E-state index < -0.39 is 0 Å². The van der Waals surface area contributed by atoms with E-state index in [-0.39, 0.29) is 0 Å². The van der Waals surface area contributed by atoms with Gasteiger partial charge in [-0.2, -0.15) is 5.26 Å². The van der Waals surface area contributed by atoms with E-state index >= 15 is 0 Å². The van der Waals surface area contributed by atoms with Gasteiger partial charge in [-0.15, -0.1) is 0 Å². The van der Waals surface area contributed by atoms with Crippen molar-refractivity contribution in [1.29, 1.82) is 5.26 Å². The van der Waals surface area contributed by atoms with Crippen LogP contribution in [-0.4, -0.2) is 4.98 Å². The Kier molecular flexibility index (Phi) is 2.82. The Hall–Kier alpha value is -1.14. The topological polar surface area (TPSA) is 36.7 Å². The quantitative estimate of drug-likeness (QED) is 0.711. The van der Waals surface area contributed by atoms with Crippen LogP contribution in [-0.2, 0) is 0 Å². The number of hydrogen-bond acceptors (Lipinski definition) is 2. The molecule has 0 saturated heterocycles. The molecule has 0 spiro atoms. The van der Waals surface area contributed by atoms with Gasteiger partial charge in [-0.05, 0) is 22.7 Å². The third kappa shape index (κ3) is 2.17. The summed E-state index contributed by atoms with van der Waals surface area (Å²) in [4.78, 5) is 5.63. The zero-order valence-corrected chi connectivity index (χ0v) is 7.25. The third-order valence-corrected chi connectivity index (χ3v) is 1.42. The van der Waals surface area contributed by atoms with Gasteiger partial charge in [0, 0.05) is 6.20 Å². The molecule has 0 atom stereocenters. The van der Waals surface area contributed by atoms with Crippen LogP contribution in [0.3, 0.4) is 0 Å². The van der Waals surface area contributed by atoms with Gasteiger partial charge in [0.05, 0.1) is 0 Å². The van der Waals surface area contributed by atoms with Crippen LogP contribution in [0.5, 0.6) is 0 Å². The Bertz CT molecular complexity index is 295. The molecular weight excluding hydrogens is 204 g/mol. The number of halogens is 1. The summed E-state index contributed by atoms with van der Waals surface area (Å²) in [5, 5.41) is 8.42. The summed E-state index contributed by atoms with van der Waals surface area (Å²) in [5.74, 6) is 0. The molecule has 11 heavy (non-hydrogen) atoms. The fourth-order valence-corrected chi connectivity index (χ4v) is 0.948. The maximum atomic E-state index is 8.42. The fourth-order valence-electron chi connectivity index (χ4n) is 0.643. The van der Waals surface area contributed by atoms with Gasteiger partial charge in [0.1, 0.15) is 11.8 Å². The van der Waals surface area contributed by atoms with E-state index in [2.05, 4.69) is 20.9 Å². The SMILES string of the molecule is N#Cc1ccc(/C=C/Br)cn1. The molecule has 2 nitrogen and oxygen atoms in total. The van der Waals surface area contributed by atoms with Crippen molar-refractivity contribution in [1.82, 2.24) is 4.98 Å². The minimum atomic E-state index is 0.441. The number of nitrogens with zero attached hydrogens (tertiary/aromatic N) is 2. The first-order valence-electron chi connectivity index (χ1n) is 2.99. The van der Waals surface area contributed by atoms with Crippen LogP contribution >= 0.6 is 15.9 Å². The largest absolute Gasteiger partial charge is 0.245 e. The molecule has 1 aromatic rings. The Morgan fingerprint density at radius 3 is 2.82 bits per heavy atom. The van der Waals surface area contributed by atoms with E-state index in [1.807, 2.05) is 18.2 Å². The molecule has 0 aliphatic rings. The summed E-state index contributed by atoms with van der Waals surface area (Å²) in [6, 6.07) is 5.47. The van der Waals surface area contributed by atoms with Gasteiger partial charge in [-0.25, -0.2) is 4.98 Å². The lowest BCUT2D eigenvalue weighted by Crippen LogP contribution is -1.80. The van der Waals surface area contributed by atoms with Gasteiger partial charge < -0.3 is 0 Å². The molecular formula is C8H5BrN2. The van der Waals surface area contributed by atoms with Crippen molar-refractivity contribution in [2.75, 3.05) is 0 Å². The first kappa shape index (κ1) is 7.96. The van der Waals surface area contributed by atoms with Gasteiger partial charge >= 0.3 is 0 Å². The van der Waals surface area contributed by atoms with Crippen molar-refractivity contribution in [2.24, 2.45) is 0 Å². The van der Waals surface area contributed by atoms with Gasteiger partial charge in [0.25, 0.3) is 0 Å². The Labute approximate surface area is 73.3 Å². The molecule has 0 aromatic carbocycles. The van der Waals surface area contributed by atoms with Gasteiger partial charge in [-0.3, -0.25) is 0 Å². The molecule has 0 unspecified atom stereocenters. The molecule has 1 heterocycles. The Balaban J connectivity index is 2.94. The Morgan fingerprint density at radius 1 is 1.55 bits per heavy atom. The maximum Gasteiger partial charge on any atom is 0.140 e. The summed E-state index contributed by atoms with van der Waals surface area (Å²) >= 11 is 3.15. The lowest BCUT2D eigenvalue weighted by atomic mass is 10.2. The second-order valence-corrected chi connectivity index (χ2v) is 2.41. The van der Waals surface area contributed by atoms with Gasteiger partial charge in [-0.1, -0.05) is 22.0 Å². The number of pyridine rings is 1.